The molecule has 0 aliphatic carbocycles. The van der Waals surface area contributed by atoms with Gasteiger partial charge in [0.15, 0.2) is 17.4 Å². The largest absolute Gasteiger partial charge is 0.463 e. The van der Waals surface area contributed by atoms with Crippen molar-refractivity contribution in [3.8, 4) is 11.5 Å². The van der Waals surface area contributed by atoms with Gasteiger partial charge < -0.3 is 9.47 Å². The normalized spacial score (nSPS) is 12.6. The van der Waals surface area contributed by atoms with Crippen LogP contribution in [0.1, 0.15) is 26.3 Å². The molecule has 144 valence electrons. The maximum atomic E-state index is 14.3. The Morgan fingerprint density at radius 3 is 2.22 bits per heavy atom. The second kappa shape index (κ2) is 9.41. The summed E-state index contributed by atoms with van der Waals surface area (Å²) < 4.78 is 50.4. The van der Waals surface area contributed by atoms with Gasteiger partial charge >= 0.3 is 5.97 Å². The van der Waals surface area contributed by atoms with Gasteiger partial charge in [0.1, 0.15) is 5.75 Å². The first-order chi connectivity index (χ1) is 12.8. The number of carbonyl (C=O) groups excluding carboxylic acids is 1. The lowest BCUT2D eigenvalue weighted by Gasteiger charge is -2.10. The number of esters is 1. The van der Waals surface area contributed by atoms with Crippen molar-refractivity contribution in [1.29, 1.82) is 0 Å². The summed E-state index contributed by atoms with van der Waals surface area (Å²) in [4.78, 5) is 12.2. The summed E-state index contributed by atoms with van der Waals surface area (Å²) in [5, 5.41) is 0. The van der Waals surface area contributed by atoms with E-state index in [9.17, 15) is 17.8 Å². The zero-order chi connectivity index (χ0) is 20.0. The molecule has 2 aromatic rings. The van der Waals surface area contributed by atoms with Gasteiger partial charge in [-0.1, -0.05) is 6.92 Å². The maximum absolute atomic E-state index is 14.3. The zero-order valence-corrected chi connectivity index (χ0v) is 16.1. The van der Waals surface area contributed by atoms with Gasteiger partial charge in [-0.15, -0.1) is 0 Å². The fraction of sp³-hybridized carbons (Fsp3) is 0.250. The number of benzene rings is 2. The lowest BCUT2D eigenvalue weighted by atomic mass is 10.1. The van der Waals surface area contributed by atoms with Gasteiger partial charge in [0, 0.05) is 16.2 Å². The Labute approximate surface area is 159 Å². The molecule has 0 aliphatic heterocycles. The Morgan fingerprint density at radius 2 is 1.70 bits per heavy atom. The summed E-state index contributed by atoms with van der Waals surface area (Å²) in [7, 11) is -1.12. The van der Waals surface area contributed by atoms with Gasteiger partial charge in [-0.3, -0.25) is 4.21 Å². The van der Waals surface area contributed by atoms with Gasteiger partial charge in [0.25, 0.3) is 0 Å². The van der Waals surface area contributed by atoms with E-state index in [1.54, 1.807) is 26.0 Å². The minimum Gasteiger partial charge on any atom is -0.463 e. The molecule has 0 amide bonds. The summed E-state index contributed by atoms with van der Waals surface area (Å²) in [6, 6.07) is 8.32. The maximum Gasteiger partial charge on any atom is 0.333 e. The Bertz CT molecular complexity index is 853. The second-order valence-electron chi connectivity index (χ2n) is 5.57. The fourth-order valence-electron chi connectivity index (χ4n) is 2.26. The molecule has 7 heteroatoms. The van der Waals surface area contributed by atoms with Crippen molar-refractivity contribution < 1.29 is 27.3 Å². The van der Waals surface area contributed by atoms with Crippen LogP contribution in [0.25, 0.3) is 6.08 Å². The predicted molar refractivity (Wildman–Crippen MR) is 100 cm³/mol. The van der Waals surface area contributed by atoms with Crippen LogP contribution >= 0.6 is 0 Å². The van der Waals surface area contributed by atoms with E-state index >= 15 is 0 Å². The van der Waals surface area contributed by atoms with E-state index in [1.165, 1.54) is 25.1 Å². The summed E-state index contributed by atoms with van der Waals surface area (Å²) in [5.41, 5.74) is 0.403. The molecule has 0 heterocycles. The quantitative estimate of drug-likeness (QED) is 0.498. The highest BCUT2D eigenvalue weighted by atomic mass is 32.2. The van der Waals surface area contributed by atoms with Gasteiger partial charge in [-0.25, -0.2) is 13.6 Å². The molecule has 4 nitrogen and oxygen atoms in total. The van der Waals surface area contributed by atoms with Gasteiger partial charge in [0.2, 0.25) is 0 Å². The monoisotopic (exact) mass is 394 g/mol. The second-order valence-corrected chi connectivity index (χ2v) is 7.31. The third-order valence-electron chi connectivity index (χ3n) is 3.57. The van der Waals surface area contributed by atoms with Crippen LogP contribution in [0.3, 0.4) is 0 Å². The standard InChI is InChI=1S/C20H20F2O4S/c1-4-25-20(23)13(3)10-14-11-17(21)19(18(22)12-14)26-15-6-8-16(9-7-15)27(24)5-2/h6-12H,4-5H2,1-3H3/b13-10+. The number of halogens is 2. The molecular weight excluding hydrogens is 374 g/mol. The average molecular weight is 394 g/mol. The van der Waals surface area contributed by atoms with Gasteiger partial charge in [-0.2, -0.15) is 0 Å². The molecule has 0 N–H and O–H groups in total. The first-order valence-corrected chi connectivity index (χ1v) is 9.68. The number of ether oxygens (including phenoxy) is 2. The van der Waals surface area contributed by atoms with Crippen LogP contribution in [0.4, 0.5) is 8.78 Å². The first-order valence-electron chi connectivity index (χ1n) is 8.36. The highest BCUT2D eigenvalue weighted by Gasteiger charge is 2.14. The van der Waals surface area contributed by atoms with Gasteiger partial charge in [0.05, 0.1) is 17.4 Å². The molecule has 1 atom stereocenters. The highest BCUT2D eigenvalue weighted by molar-refractivity contribution is 7.85. The van der Waals surface area contributed by atoms with E-state index in [-0.39, 0.29) is 23.5 Å². The fourth-order valence-corrected chi connectivity index (χ4v) is 3.03. The zero-order valence-electron chi connectivity index (χ0n) is 15.3. The van der Waals surface area contributed by atoms with E-state index in [0.29, 0.717) is 10.6 Å². The molecular formula is C20H20F2O4S. The van der Waals surface area contributed by atoms with E-state index in [0.717, 1.165) is 12.1 Å². The molecule has 2 rings (SSSR count). The Kier molecular flexibility index (Phi) is 7.24. The van der Waals surface area contributed by atoms with Crippen molar-refractivity contribution >= 4 is 22.8 Å². The van der Waals surface area contributed by atoms with Crippen molar-refractivity contribution in [2.75, 3.05) is 12.4 Å². The number of carbonyl (C=O) groups is 1. The van der Waals surface area contributed by atoms with Crippen molar-refractivity contribution in [1.82, 2.24) is 0 Å². The summed E-state index contributed by atoms with van der Waals surface area (Å²) in [6.07, 6.45) is 1.34. The average Bonchev–Trinajstić information content (AvgIpc) is 2.64. The van der Waals surface area contributed by atoms with Crippen LogP contribution in [0.2, 0.25) is 0 Å². The van der Waals surface area contributed by atoms with Crippen molar-refractivity contribution in [3.05, 3.63) is 59.2 Å². The van der Waals surface area contributed by atoms with Crippen LogP contribution in [-0.4, -0.2) is 22.5 Å². The molecule has 0 saturated carbocycles. The molecule has 0 radical (unpaired) electrons. The van der Waals surface area contributed by atoms with E-state index in [2.05, 4.69) is 0 Å². The minimum atomic E-state index is -1.12. The van der Waals surface area contributed by atoms with Crippen molar-refractivity contribution in [3.63, 3.8) is 0 Å². The van der Waals surface area contributed by atoms with Crippen LogP contribution in [0, 0.1) is 11.6 Å². The van der Waals surface area contributed by atoms with E-state index in [1.807, 2.05) is 0 Å². The molecule has 0 spiro atoms. The number of hydrogen-bond donors (Lipinski definition) is 0. The molecule has 0 fully saturated rings. The lowest BCUT2D eigenvalue weighted by Crippen LogP contribution is -2.05. The van der Waals surface area contributed by atoms with Crippen LogP contribution in [-0.2, 0) is 20.3 Å². The third-order valence-corrected chi connectivity index (χ3v) is 4.89. The van der Waals surface area contributed by atoms with Crippen LogP contribution in [0.15, 0.2) is 46.9 Å². The highest BCUT2D eigenvalue weighted by Crippen LogP contribution is 2.30. The topological polar surface area (TPSA) is 52.6 Å². The molecule has 0 saturated heterocycles. The minimum absolute atomic E-state index is 0.177. The molecule has 1 unspecified atom stereocenters. The Morgan fingerprint density at radius 1 is 1.11 bits per heavy atom. The molecule has 0 aromatic heterocycles. The summed E-state index contributed by atoms with van der Waals surface area (Å²) in [6.45, 7) is 5.18. The SMILES string of the molecule is CCOC(=O)/C(C)=C/c1cc(F)c(Oc2ccc(S(=O)CC)cc2)c(F)c1. The van der Waals surface area contributed by atoms with Gasteiger partial charge in [-0.05, 0) is 61.9 Å². The molecule has 0 aliphatic rings. The molecule has 27 heavy (non-hydrogen) atoms. The lowest BCUT2D eigenvalue weighted by molar-refractivity contribution is -0.138. The smallest absolute Gasteiger partial charge is 0.333 e. The molecule has 2 aromatic carbocycles. The first kappa shape index (κ1) is 20.8. The Balaban J connectivity index is 2.23. The van der Waals surface area contributed by atoms with Crippen LogP contribution in [0.5, 0.6) is 11.5 Å². The predicted octanol–water partition coefficient (Wildman–Crippen LogP) is 4.85. The van der Waals surface area contributed by atoms with Crippen molar-refractivity contribution in [2.24, 2.45) is 0 Å². The third kappa shape index (κ3) is 5.47. The van der Waals surface area contributed by atoms with Crippen LogP contribution < -0.4 is 4.74 Å². The van der Waals surface area contributed by atoms with E-state index < -0.39 is 34.2 Å². The Hall–Kier alpha value is -2.54. The summed E-state index contributed by atoms with van der Waals surface area (Å²) >= 11 is 0. The summed E-state index contributed by atoms with van der Waals surface area (Å²) in [5.74, 6) is -2.22. The number of hydrogen-bond acceptors (Lipinski definition) is 4. The van der Waals surface area contributed by atoms with E-state index in [4.69, 9.17) is 9.47 Å². The number of rotatable bonds is 7. The van der Waals surface area contributed by atoms with Crippen molar-refractivity contribution in [2.45, 2.75) is 25.7 Å². The molecule has 0 bridgehead atoms.